The van der Waals surface area contributed by atoms with E-state index in [-0.39, 0.29) is 16.6 Å². The third kappa shape index (κ3) is 3.92. The van der Waals surface area contributed by atoms with Gasteiger partial charge in [-0.2, -0.15) is 0 Å². The summed E-state index contributed by atoms with van der Waals surface area (Å²) in [5.74, 6) is 1.03. The molecule has 4 nitrogen and oxygen atoms in total. The van der Waals surface area contributed by atoms with E-state index in [0.717, 1.165) is 30.2 Å². The van der Waals surface area contributed by atoms with Gasteiger partial charge in [-0.05, 0) is 49.6 Å². The molecule has 0 radical (unpaired) electrons. The van der Waals surface area contributed by atoms with Gasteiger partial charge in [-0.1, -0.05) is 6.92 Å². The summed E-state index contributed by atoms with van der Waals surface area (Å²) < 4.78 is 5.14. The smallest absolute Gasteiger partial charge is 0.235 e. The summed E-state index contributed by atoms with van der Waals surface area (Å²) in [5.41, 5.74) is 5.89. The first kappa shape index (κ1) is 16.2. The molecule has 0 aromatic heterocycles. The van der Waals surface area contributed by atoms with E-state index in [1.807, 2.05) is 36.1 Å². The number of nitrogens with zero attached hydrogens (tertiary/aromatic N) is 1. The lowest BCUT2D eigenvalue weighted by Gasteiger charge is -2.24. The fourth-order valence-electron chi connectivity index (χ4n) is 2.54. The van der Waals surface area contributed by atoms with E-state index in [9.17, 15) is 4.79 Å². The van der Waals surface area contributed by atoms with Crippen LogP contribution in [0.25, 0.3) is 0 Å². The van der Waals surface area contributed by atoms with E-state index in [1.165, 1.54) is 0 Å². The number of likely N-dealkylation sites (tertiary alicyclic amines) is 1. The Balaban J connectivity index is 1.93. The largest absolute Gasteiger partial charge is 0.497 e. The quantitative estimate of drug-likeness (QED) is 0.849. The van der Waals surface area contributed by atoms with Crippen molar-refractivity contribution in [1.82, 2.24) is 4.90 Å². The van der Waals surface area contributed by atoms with Crippen LogP contribution >= 0.6 is 11.8 Å². The Bertz CT molecular complexity index is 492. The van der Waals surface area contributed by atoms with Crippen LogP contribution in [-0.2, 0) is 4.79 Å². The van der Waals surface area contributed by atoms with Crippen LogP contribution in [-0.4, -0.2) is 42.8 Å². The molecule has 1 heterocycles. The fourth-order valence-corrected chi connectivity index (χ4v) is 3.50. The molecule has 1 amide bonds. The number of carbonyl (C=O) groups is 1. The number of amides is 1. The zero-order chi connectivity index (χ0) is 15.5. The van der Waals surface area contributed by atoms with Crippen molar-refractivity contribution in [1.29, 1.82) is 0 Å². The van der Waals surface area contributed by atoms with E-state index in [0.29, 0.717) is 6.54 Å². The minimum atomic E-state index is -0.0847. The minimum Gasteiger partial charge on any atom is -0.497 e. The van der Waals surface area contributed by atoms with Gasteiger partial charge < -0.3 is 15.4 Å². The summed E-state index contributed by atoms with van der Waals surface area (Å²) in [5, 5.41) is -0.0847. The van der Waals surface area contributed by atoms with Gasteiger partial charge in [0.1, 0.15) is 5.75 Å². The van der Waals surface area contributed by atoms with Crippen molar-refractivity contribution in [2.24, 2.45) is 11.1 Å². The Kier molecular flexibility index (Phi) is 5.17. The van der Waals surface area contributed by atoms with Crippen LogP contribution in [0.1, 0.15) is 20.3 Å². The van der Waals surface area contributed by atoms with Gasteiger partial charge in [0.25, 0.3) is 0 Å². The normalized spacial score (nSPS) is 23.1. The highest BCUT2D eigenvalue weighted by Gasteiger charge is 2.36. The fraction of sp³-hybridized carbons (Fsp3) is 0.562. The highest BCUT2D eigenvalue weighted by atomic mass is 32.2. The average Bonchev–Trinajstić information content (AvgIpc) is 2.90. The van der Waals surface area contributed by atoms with Crippen molar-refractivity contribution in [2.75, 3.05) is 26.7 Å². The number of hydrogen-bond acceptors (Lipinski definition) is 4. The van der Waals surface area contributed by atoms with E-state index in [4.69, 9.17) is 10.5 Å². The molecule has 1 aliphatic heterocycles. The zero-order valence-corrected chi connectivity index (χ0v) is 13.8. The van der Waals surface area contributed by atoms with E-state index < -0.39 is 0 Å². The number of benzene rings is 1. The molecule has 21 heavy (non-hydrogen) atoms. The monoisotopic (exact) mass is 308 g/mol. The number of ether oxygens (including phenoxy) is 1. The number of nitrogens with two attached hydrogens (primary N) is 1. The van der Waals surface area contributed by atoms with Crippen molar-refractivity contribution in [3.63, 3.8) is 0 Å². The van der Waals surface area contributed by atoms with Crippen molar-refractivity contribution in [2.45, 2.75) is 30.4 Å². The molecule has 116 valence electrons. The van der Waals surface area contributed by atoms with Crippen LogP contribution in [0.2, 0.25) is 0 Å². The van der Waals surface area contributed by atoms with Gasteiger partial charge in [-0.15, -0.1) is 11.8 Å². The van der Waals surface area contributed by atoms with Crippen LogP contribution in [0.15, 0.2) is 29.2 Å². The van der Waals surface area contributed by atoms with Crippen LogP contribution in [0, 0.1) is 5.41 Å². The second-order valence-corrected chi connectivity index (χ2v) is 7.37. The maximum Gasteiger partial charge on any atom is 0.235 e. The van der Waals surface area contributed by atoms with Gasteiger partial charge in [-0.3, -0.25) is 4.79 Å². The molecule has 0 saturated carbocycles. The van der Waals surface area contributed by atoms with Crippen LogP contribution in [0.5, 0.6) is 5.75 Å². The minimum absolute atomic E-state index is 0.0835. The molecule has 1 aromatic carbocycles. The Hall–Kier alpha value is -1.20. The number of rotatable bonds is 5. The standard InChI is InChI=1S/C16H24N2O2S/c1-12(21-14-6-4-13(20-3)5-7-14)15(19)18-9-8-16(2,10-17)11-18/h4-7,12H,8-11,17H2,1-3H3. The van der Waals surface area contributed by atoms with Crippen molar-refractivity contribution in [3.05, 3.63) is 24.3 Å². The van der Waals surface area contributed by atoms with Gasteiger partial charge in [0.15, 0.2) is 0 Å². The second-order valence-electron chi connectivity index (χ2n) is 5.96. The van der Waals surface area contributed by atoms with Gasteiger partial charge >= 0.3 is 0 Å². The summed E-state index contributed by atoms with van der Waals surface area (Å²) in [6.45, 7) is 6.35. The Morgan fingerprint density at radius 1 is 1.48 bits per heavy atom. The lowest BCUT2D eigenvalue weighted by molar-refractivity contribution is -0.129. The molecule has 1 aromatic rings. The molecular weight excluding hydrogens is 284 g/mol. The first-order valence-electron chi connectivity index (χ1n) is 7.27. The maximum absolute atomic E-state index is 12.5. The highest BCUT2D eigenvalue weighted by Crippen LogP contribution is 2.32. The van der Waals surface area contributed by atoms with Crippen molar-refractivity contribution >= 4 is 17.7 Å². The summed E-state index contributed by atoms with van der Waals surface area (Å²) in [4.78, 5) is 15.5. The lowest BCUT2D eigenvalue weighted by atomic mass is 9.90. The first-order chi connectivity index (χ1) is 9.97. The van der Waals surface area contributed by atoms with E-state index in [2.05, 4.69) is 6.92 Å². The SMILES string of the molecule is COc1ccc(SC(C)C(=O)N2CCC(C)(CN)C2)cc1. The number of hydrogen-bond donors (Lipinski definition) is 1. The summed E-state index contributed by atoms with van der Waals surface area (Å²) in [6.07, 6.45) is 0.995. The van der Waals surface area contributed by atoms with Gasteiger partial charge in [0.2, 0.25) is 5.91 Å². The summed E-state index contributed by atoms with van der Waals surface area (Å²) in [6, 6.07) is 7.81. The van der Waals surface area contributed by atoms with E-state index in [1.54, 1.807) is 18.9 Å². The van der Waals surface area contributed by atoms with Crippen molar-refractivity contribution < 1.29 is 9.53 Å². The topological polar surface area (TPSA) is 55.6 Å². The second kappa shape index (κ2) is 6.71. The zero-order valence-electron chi connectivity index (χ0n) is 13.0. The molecule has 0 aliphatic carbocycles. The Labute approximate surface area is 131 Å². The van der Waals surface area contributed by atoms with Gasteiger partial charge in [0.05, 0.1) is 12.4 Å². The molecule has 0 spiro atoms. The molecule has 2 unspecified atom stereocenters. The molecule has 2 atom stereocenters. The van der Waals surface area contributed by atoms with Gasteiger partial charge in [0, 0.05) is 18.0 Å². The number of thioether (sulfide) groups is 1. The molecule has 1 fully saturated rings. The lowest BCUT2D eigenvalue weighted by Crippen LogP contribution is -2.38. The molecule has 5 heteroatoms. The number of methoxy groups -OCH3 is 1. The first-order valence-corrected chi connectivity index (χ1v) is 8.15. The summed E-state index contributed by atoms with van der Waals surface area (Å²) >= 11 is 1.59. The summed E-state index contributed by atoms with van der Waals surface area (Å²) in [7, 11) is 1.65. The maximum atomic E-state index is 12.5. The molecule has 1 aliphatic rings. The third-order valence-corrected chi connectivity index (χ3v) is 5.18. The highest BCUT2D eigenvalue weighted by molar-refractivity contribution is 8.00. The Morgan fingerprint density at radius 2 is 2.14 bits per heavy atom. The average molecular weight is 308 g/mol. The van der Waals surface area contributed by atoms with Crippen LogP contribution in [0.4, 0.5) is 0 Å². The molecular formula is C16H24N2O2S. The third-order valence-electron chi connectivity index (χ3n) is 4.08. The Morgan fingerprint density at radius 3 is 2.67 bits per heavy atom. The predicted octanol–water partition coefficient (Wildman–Crippen LogP) is 2.37. The van der Waals surface area contributed by atoms with Crippen molar-refractivity contribution in [3.8, 4) is 5.75 Å². The predicted molar refractivity (Wildman–Crippen MR) is 86.7 cm³/mol. The molecule has 1 saturated heterocycles. The molecule has 2 rings (SSSR count). The van der Waals surface area contributed by atoms with E-state index >= 15 is 0 Å². The molecule has 2 N–H and O–H groups in total. The number of carbonyl (C=O) groups excluding carboxylic acids is 1. The van der Waals surface area contributed by atoms with Gasteiger partial charge in [-0.25, -0.2) is 0 Å². The van der Waals surface area contributed by atoms with Crippen LogP contribution in [0.3, 0.4) is 0 Å². The van der Waals surface area contributed by atoms with Crippen LogP contribution < -0.4 is 10.5 Å². The molecule has 0 bridgehead atoms.